The van der Waals surface area contributed by atoms with Crippen molar-refractivity contribution in [2.45, 2.75) is 32.5 Å². The molecule has 218 valence electrons. The van der Waals surface area contributed by atoms with Crippen LogP contribution in [0.1, 0.15) is 46.7 Å². The number of aromatic nitrogens is 1. The Hall–Kier alpha value is -3.32. The maximum Gasteiger partial charge on any atom is 0.332 e. The predicted molar refractivity (Wildman–Crippen MR) is 139 cm³/mol. The molecule has 2 aromatic rings. The molecule has 40 heavy (non-hydrogen) atoms. The predicted octanol–water partition coefficient (Wildman–Crippen LogP) is 2.17. The second-order valence-electron chi connectivity index (χ2n) is 9.27. The number of nitrogens with one attached hydrogen (secondary N) is 1. The SMILES string of the molecule is CCOP(=O)(CCN1C(=O)c2c(O)c(=O)c(C(=O)NCc3ccc(F)cc3F)cn2N(C)C12CCOC2)OCC. The molecule has 1 fully saturated rings. The van der Waals surface area contributed by atoms with Gasteiger partial charge >= 0.3 is 7.60 Å². The summed E-state index contributed by atoms with van der Waals surface area (Å²) in [6.45, 7) is 3.51. The molecule has 3 heterocycles. The quantitative estimate of drug-likeness (QED) is 0.402. The lowest BCUT2D eigenvalue weighted by molar-refractivity contribution is 0.0242. The fourth-order valence-electron chi connectivity index (χ4n) is 4.92. The molecule has 1 atom stereocenters. The lowest BCUT2D eigenvalue weighted by Gasteiger charge is -2.52. The smallest absolute Gasteiger partial charge is 0.332 e. The van der Waals surface area contributed by atoms with Gasteiger partial charge in [0.05, 0.1) is 32.6 Å². The van der Waals surface area contributed by atoms with E-state index in [1.807, 2.05) is 0 Å². The van der Waals surface area contributed by atoms with Gasteiger partial charge in [0.25, 0.3) is 11.8 Å². The summed E-state index contributed by atoms with van der Waals surface area (Å²) in [6, 6.07) is 2.85. The van der Waals surface area contributed by atoms with Gasteiger partial charge in [-0.2, -0.15) is 0 Å². The van der Waals surface area contributed by atoms with E-state index in [0.717, 1.165) is 18.3 Å². The van der Waals surface area contributed by atoms with Crippen LogP contribution in [0.15, 0.2) is 29.2 Å². The number of nitrogens with zero attached hydrogens (tertiary/aromatic N) is 3. The molecule has 2 N–H and O–H groups in total. The first-order valence-corrected chi connectivity index (χ1v) is 14.4. The average Bonchev–Trinajstić information content (AvgIpc) is 3.39. The lowest BCUT2D eigenvalue weighted by atomic mass is 10.0. The number of rotatable bonds is 10. The zero-order chi connectivity index (χ0) is 29.2. The highest BCUT2D eigenvalue weighted by molar-refractivity contribution is 7.53. The summed E-state index contributed by atoms with van der Waals surface area (Å²) in [4.78, 5) is 41.1. The van der Waals surface area contributed by atoms with Crippen LogP contribution in [-0.2, 0) is 24.9 Å². The third-order valence-corrected chi connectivity index (χ3v) is 9.02. The number of pyridine rings is 1. The second-order valence-corrected chi connectivity index (χ2v) is 11.5. The Morgan fingerprint density at radius 1 is 1.23 bits per heavy atom. The molecule has 1 spiro atoms. The summed E-state index contributed by atoms with van der Waals surface area (Å²) in [7, 11) is -1.94. The minimum absolute atomic E-state index is 0.0153. The Labute approximate surface area is 228 Å². The van der Waals surface area contributed by atoms with Crippen LogP contribution < -0.4 is 15.8 Å². The second kappa shape index (κ2) is 11.7. The first-order valence-electron chi connectivity index (χ1n) is 12.7. The number of hydrogen-bond acceptors (Lipinski definition) is 9. The van der Waals surface area contributed by atoms with E-state index in [9.17, 15) is 32.8 Å². The van der Waals surface area contributed by atoms with E-state index >= 15 is 0 Å². The monoisotopic (exact) mass is 584 g/mol. The minimum atomic E-state index is -3.54. The summed E-state index contributed by atoms with van der Waals surface area (Å²) in [5, 5.41) is 14.8. The first-order chi connectivity index (χ1) is 19.0. The normalized spacial score (nSPS) is 18.9. The van der Waals surface area contributed by atoms with Gasteiger partial charge in [0.2, 0.25) is 5.43 Å². The van der Waals surface area contributed by atoms with Gasteiger partial charge in [-0.15, -0.1) is 0 Å². The Balaban J connectivity index is 1.68. The summed E-state index contributed by atoms with van der Waals surface area (Å²) < 4.78 is 57.9. The van der Waals surface area contributed by atoms with E-state index in [-0.39, 0.29) is 44.6 Å². The Morgan fingerprint density at radius 3 is 2.52 bits per heavy atom. The van der Waals surface area contributed by atoms with E-state index in [4.69, 9.17) is 13.8 Å². The largest absolute Gasteiger partial charge is 0.502 e. The number of carbonyl (C=O) groups excluding carboxylic acids is 2. The Kier molecular flexibility index (Phi) is 8.64. The highest BCUT2D eigenvalue weighted by Gasteiger charge is 2.53. The number of halogens is 2. The first kappa shape index (κ1) is 29.7. The van der Waals surface area contributed by atoms with Crippen molar-refractivity contribution in [1.29, 1.82) is 0 Å². The Bertz CT molecular complexity index is 1400. The highest BCUT2D eigenvalue weighted by Crippen LogP contribution is 2.48. The summed E-state index contributed by atoms with van der Waals surface area (Å²) >= 11 is 0. The van der Waals surface area contributed by atoms with Crippen molar-refractivity contribution >= 4 is 19.4 Å². The van der Waals surface area contributed by atoms with Crippen LogP contribution in [0.4, 0.5) is 8.78 Å². The molecule has 1 saturated heterocycles. The van der Waals surface area contributed by atoms with E-state index in [0.29, 0.717) is 19.1 Å². The van der Waals surface area contributed by atoms with Gasteiger partial charge in [0, 0.05) is 44.4 Å². The molecular weight excluding hydrogens is 553 g/mol. The number of amides is 2. The van der Waals surface area contributed by atoms with Crippen molar-refractivity contribution in [3.8, 4) is 5.75 Å². The van der Waals surface area contributed by atoms with Crippen molar-refractivity contribution in [2.24, 2.45) is 0 Å². The Morgan fingerprint density at radius 2 is 1.93 bits per heavy atom. The van der Waals surface area contributed by atoms with Crippen LogP contribution in [0.2, 0.25) is 0 Å². The number of ether oxygens (including phenoxy) is 1. The molecule has 1 aromatic heterocycles. The van der Waals surface area contributed by atoms with Gasteiger partial charge in [-0.3, -0.25) is 28.6 Å². The van der Waals surface area contributed by atoms with Crippen molar-refractivity contribution in [1.82, 2.24) is 14.9 Å². The zero-order valence-electron chi connectivity index (χ0n) is 22.3. The molecule has 2 aliphatic rings. The van der Waals surface area contributed by atoms with Crippen LogP contribution in [0.3, 0.4) is 0 Å². The van der Waals surface area contributed by atoms with Crippen LogP contribution in [0.5, 0.6) is 5.75 Å². The third kappa shape index (κ3) is 5.36. The number of carbonyl (C=O) groups is 2. The molecule has 1 aromatic carbocycles. The maximum absolute atomic E-state index is 14.0. The minimum Gasteiger partial charge on any atom is -0.502 e. The number of hydrogen-bond donors (Lipinski definition) is 2. The van der Waals surface area contributed by atoms with Crippen molar-refractivity contribution in [3.63, 3.8) is 0 Å². The summed E-state index contributed by atoms with van der Waals surface area (Å²) in [6.07, 6.45) is 1.32. The van der Waals surface area contributed by atoms with Gasteiger partial charge in [0.1, 0.15) is 17.2 Å². The molecule has 0 aliphatic carbocycles. The summed E-state index contributed by atoms with van der Waals surface area (Å²) in [5.41, 5.74) is -3.12. The van der Waals surface area contributed by atoms with Crippen molar-refractivity contribution in [3.05, 3.63) is 63.1 Å². The number of fused-ring (bicyclic) bond motifs is 1. The van der Waals surface area contributed by atoms with Crippen molar-refractivity contribution < 1.29 is 41.8 Å². The molecular formula is C25H31F2N4O8P. The molecule has 1 unspecified atom stereocenters. The molecule has 0 bridgehead atoms. The van der Waals surface area contributed by atoms with Crippen LogP contribution >= 0.6 is 7.60 Å². The molecule has 2 aliphatic heterocycles. The topological polar surface area (TPSA) is 140 Å². The van der Waals surface area contributed by atoms with E-state index in [1.54, 1.807) is 25.9 Å². The van der Waals surface area contributed by atoms with Crippen LogP contribution in [0.25, 0.3) is 0 Å². The molecule has 4 rings (SSSR count). The molecule has 2 amide bonds. The van der Waals surface area contributed by atoms with E-state index in [1.165, 1.54) is 9.58 Å². The molecule has 0 radical (unpaired) electrons. The number of benzene rings is 1. The maximum atomic E-state index is 14.0. The van der Waals surface area contributed by atoms with Gasteiger partial charge in [0.15, 0.2) is 17.1 Å². The fourth-order valence-corrected chi connectivity index (χ4v) is 6.48. The van der Waals surface area contributed by atoms with E-state index < -0.39 is 59.1 Å². The standard InChI is InChI=1S/C25H31F2N4O8P/c1-4-38-40(36,39-5-2)11-9-30-24(35)20-22(33)21(32)18(14-31(20)29(3)25(30)8-10-37-15-25)23(34)28-13-16-6-7-17(26)12-19(16)27/h6-7,12,14,33H,4-5,8-11,13,15H2,1-3H3,(H,28,34). The summed E-state index contributed by atoms with van der Waals surface area (Å²) in [5.74, 6) is -4.30. The number of likely N-dealkylation sites (N-methyl/N-ethyl adjacent to an activating group) is 1. The van der Waals surface area contributed by atoms with Gasteiger partial charge in [-0.1, -0.05) is 6.07 Å². The van der Waals surface area contributed by atoms with Gasteiger partial charge in [-0.05, 0) is 19.9 Å². The van der Waals surface area contributed by atoms with Gasteiger partial charge < -0.3 is 29.1 Å². The number of aromatic hydroxyl groups is 1. The van der Waals surface area contributed by atoms with E-state index in [2.05, 4.69) is 5.32 Å². The fraction of sp³-hybridized carbons (Fsp3) is 0.480. The highest BCUT2D eigenvalue weighted by atomic mass is 31.2. The van der Waals surface area contributed by atoms with Crippen molar-refractivity contribution in [2.75, 3.05) is 51.2 Å². The lowest BCUT2D eigenvalue weighted by Crippen LogP contribution is -2.70. The van der Waals surface area contributed by atoms with Crippen LogP contribution in [-0.4, -0.2) is 78.3 Å². The molecule has 15 heteroatoms. The molecule has 0 saturated carbocycles. The van der Waals surface area contributed by atoms with Crippen LogP contribution in [0, 0.1) is 11.6 Å². The third-order valence-electron chi connectivity index (χ3n) is 6.97. The zero-order valence-corrected chi connectivity index (χ0v) is 23.2. The average molecular weight is 585 g/mol. The van der Waals surface area contributed by atoms with Gasteiger partial charge in [-0.25, -0.2) is 8.78 Å². The molecule has 12 nitrogen and oxygen atoms in total.